The van der Waals surface area contributed by atoms with Crippen LogP contribution in [-0.4, -0.2) is 36.0 Å². The third-order valence-corrected chi connectivity index (χ3v) is 1.96. The van der Waals surface area contributed by atoms with Gasteiger partial charge in [-0.15, -0.1) is 0 Å². The predicted molar refractivity (Wildman–Crippen MR) is 61.9 cm³/mol. The van der Waals surface area contributed by atoms with E-state index in [1.807, 2.05) is 14.1 Å². The van der Waals surface area contributed by atoms with Crippen LogP contribution >= 0.6 is 0 Å². The molecule has 1 rings (SSSR count). The number of nitrogens with two attached hydrogens (primary N) is 1. The summed E-state index contributed by atoms with van der Waals surface area (Å²) >= 11 is 0. The first kappa shape index (κ1) is 12.4. The van der Waals surface area contributed by atoms with Crippen molar-refractivity contribution >= 4 is 11.9 Å². The molecule has 0 aromatic carbocycles. The number of nitrogens with zero attached hydrogens (tertiary/aromatic N) is 3. The highest BCUT2D eigenvalue weighted by Crippen LogP contribution is 2.02. The molecule has 1 amide bonds. The largest absolute Gasteiger partial charge is 0.349 e. The highest BCUT2D eigenvalue weighted by atomic mass is 16.2. The van der Waals surface area contributed by atoms with E-state index in [2.05, 4.69) is 15.3 Å². The quantitative estimate of drug-likeness (QED) is 0.719. The normalized spacial score (nSPS) is 12.0. The van der Waals surface area contributed by atoms with Gasteiger partial charge in [0, 0.05) is 20.3 Å². The topological polar surface area (TPSA) is 84.1 Å². The molecule has 0 unspecified atom stereocenters. The zero-order valence-corrected chi connectivity index (χ0v) is 9.77. The fourth-order valence-electron chi connectivity index (χ4n) is 1.04. The molecule has 0 spiro atoms. The molecule has 0 aliphatic carbocycles. The van der Waals surface area contributed by atoms with Crippen LogP contribution in [0.5, 0.6) is 0 Å². The van der Waals surface area contributed by atoms with Crippen LogP contribution in [0.15, 0.2) is 12.3 Å². The van der Waals surface area contributed by atoms with E-state index in [4.69, 9.17) is 5.73 Å². The lowest BCUT2D eigenvalue weighted by Gasteiger charge is -2.11. The van der Waals surface area contributed by atoms with Gasteiger partial charge < -0.3 is 16.0 Å². The zero-order valence-electron chi connectivity index (χ0n) is 9.77. The summed E-state index contributed by atoms with van der Waals surface area (Å²) in [7, 11) is 3.72. The van der Waals surface area contributed by atoms with Crippen molar-refractivity contribution in [2.24, 2.45) is 5.73 Å². The lowest BCUT2D eigenvalue weighted by atomic mass is 10.3. The molecule has 0 fully saturated rings. The third-order valence-electron chi connectivity index (χ3n) is 1.96. The van der Waals surface area contributed by atoms with Crippen LogP contribution in [0.1, 0.15) is 12.6 Å². The number of hydrogen-bond acceptors (Lipinski definition) is 5. The molecule has 1 aromatic heterocycles. The van der Waals surface area contributed by atoms with Crippen molar-refractivity contribution < 1.29 is 4.79 Å². The average Bonchev–Trinajstić information content (AvgIpc) is 2.26. The number of rotatable bonds is 4. The molecular formula is C10H17N5O. The van der Waals surface area contributed by atoms with E-state index in [-0.39, 0.29) is 5.91 Å². The zero-order chi connectivity index (χ0) is 12.1. The number of hydrogen-bond donors (Lipinski definition) is 2. The number of nitrogens with one attached hydrogen (secondary N) is 1. The van der Waals surface area contributed by atoms with Crippen molar-refractivity contribution in [3.8, 4) is 0 Å². The summed E-state index contributed by atoms with van der Waals surface area (Å²) in [5.74, 6) is 0.428. The second-order valence-electron chi connectivity index (χ2n) is 3.75. The summed E-state index contributed by atoms with van der Waals surface area (Å²) in [5, 5.41) is 2.69. The Hall–Kier alpha value is -1.69. The number of anilines is 1. The fourth-order valence-corrected chi connectivity index (χ4v) is 1.04. The van der Waals surface area contributed by atoms with E-state index in [0.717, 1.165) is 5.69 Å². The summed E-state index contributed by atoms with van der Waals surface area (Å²) in [5.41, 5.74) is 6.18. The number of carbonyl (C=O) groups excluding carboxylic acids is 1. The Kier molecular flexibility index (Phi) is 4.19. The maximum absolute atomic E-state index is 11.2. The van der Waals surface area contributed by atoms with Gasteiger partial charge in [-0.3, -0.25) is 4.79 Å². The highest BCUT2D eigenvalue weighted by Gasteiger charge is 2.07. The SMILES string of the molecule is C[C@@H](N)C(=O)NCc1ccnc(N(C)C)n1. The van der Waals surface area contributed by atoms with E-state index in [1.165, 1.54) is 0 Å². The van der Waals surface area contributed by atoms with Crippen LogP contribution in [0.3, 0.4) is 0 Å². The van der Waals surface area contributed by atoms with E-state index < -0.39 is 6.04 Å². The van der Waals surface area contributed by atoms with Crippen molar-refractivity contribution in [3.63, 3.8) is 0 Å². The van der Waals surface area contributed by atoms with E-state index in [0.29, 0.717) is 12.5 Å². The molecule has 6 heteroatoms. The lowest BCUT2D eigenvalue weighted by molar-refractivity contribution is -0.122. The Morgan fingerprint density at radius 3 is 2.88 bits per heavy atom. The van der Waals surface area contributed by atoms with Crippen LogP contribution in [0, 0.1) is 0 Å². The fraction of sp³-hybridized carbons (Fsp3) is 0.500. The van der Waals surface area contributed by atoms with E-state index >= 15 is 0 Å². The number of amides is 1. The molecule has 0 bridgehead atoms. The van der Waals surface area contributed by atoms with E-state index in [9.17, 15) is 4.79 Å². The molecule has 0 saturated carbocycles. The first-order valence-corrected chi connectivity index (χ1v) is 5.03. The first-order chi connectivity index (χ1) is 7.50. The molecule has 0 aliphatic rings. The van der Waals surface area contributed by atoms with Gasteiger partial charge in [-0.1, -0.05) is 0 Å². The van der Waals surface area contributed by atoms with Crippen LogP contribution in [0.2, 0.25) is 0 Å². The summed E-state index contributed by atoms with van der Waals surface area (Å²) in [4.78, 5) is 21.4. The van der Waals surface area contributed by atoms with Gasteiger partial charge in [0.2, 0.25) is 11.9 Å². The summed E-state index contributed by atoms with van der Waals surface area (Å²) in [6.45, 7) is 2.00. The molecule has 0 saturated heterocycles. The molecule has 16 heavy (non-hydrogen) atoms. The van der Waals surface area contributed by atoms with Crippen molar-refractivity contribution in [2.75, 3.05) is 19.0 Å². The van der Waals surface area contributed by atoms with Gasteiger partial charge in [0.25, 0.3) is 0 Å². The van der Waals surface area contributed by atoms with Gasteiger partial charge in [-0.2, -0.15) is 0 Å². The van der Waals surface area contributed by atoms with E-state index in [1.54, 1.807) is 24.1 Å². The average molecular weight is 223 g/mol. The first-order valence-electron chi connectivity index (χ1n) is 5.03. The molecule has 0 radical (unpaired) electrons. The molecule has 1 atom stereocenters. The van der Waals surface area contributed by atoms with Gasteiger partial charge in [0.15, 0.2) is 0 Å². The summed E-state index contributed by atoms with van der Waals surface area (Å²) in [6.07, 6.45) is 1.66. The third kappa shape index (κ3) is 3.47. The second kappa shape index (κ2) is 5.41. The maximum Gasteiger partial charge on any atom is 0.236 e. The number of aromatic nitrogens is 2. The second-order valence-corrected chi connectivity index (χ2v) is 3.75. The highest BCUT2D eigenvalue weighted by molar-refractivity contribution is 5.80. The monoisotopic (exact) mass is 223 g/mol. The Balaban J connectivity index is 2.61. The van der Waals surface area contributed by atoms with Gasteiger partial charge in [0.1, 0.15) is 0 Å². The van der Waals surface area contributed by atoms with Crippen LogP contribution < -0.4 is 16.0 Å². The van der Waals surface area contributed by atoms with Crippen molar-refractivity contribution in [1.29, 1.82) is 0 Å². The Morgan fingerprint density at radius 2 is 2.31 bits per heavy atom. The van der Waals surface area contributed by atoms with Crippen LogP contribution in [0.25, 0.3) is 0 Å². The van der Waals surface area contributed by atoms with Gasteiger partial charge in [-0.25, -0.2) is 9.97 Å². The minimum absolute atomic E-state index is 0.190. The van der Waals surface area contributed by atoms with Gasteiger partial charge in [0.05, 0.1) is 18.3 Å². The van der Waals surface area contributed by atoms with Crippen LogP contribution in [-0.2, 0) is 11.3 Å². The standard InChI is InChI=1S/C10H17N5O/c1-7(11)9(16)13-6-8-4-5-12-10(14-8)15(2)3/h4-5,7H,6,11H2,1-3H3,(H,13,16)/t7-/m1/s1. The predicted octanol–water partition coefficient (Wildman–Crippen LogP) is -0.494. The molecular weight excluding hydrogens is 206 g/mol. The minimum atomic E-state index is -0.504. The molecule has 6 nitrogen and oxygen atoms in total. The van der Waals surface area contributed by atoms with Gasteiger partial charge in [-0.05, 0) is 13.0 Å². The molecule has 1 aromatic rings. The Morgan fingerprint density at radius 1 is 1.62 bits per heavy atom. The lowest BCUT2D eigenvalue weighted by Crippen LogP contribution is -2.38. The molecule has 0 aliphatic heterocycles. The Bertz CT molecular complexity index is 364. The van der Waals surface area contributed by atoms with Crippen molar-refractivity contribution in [2.45, 2.75) is 19.5 Å². The Labute approximate surface area is 94.9 Å². The molecule has 1 heterocycles. The summed E-state index contributed by atoms with van der Waals surface area (Å²) in [6, 6.07) is 1.25. The molecule has 3 N–H and O–H groups in total. The summed E-state index contributed by atoms with van der Waals surface area (Å²) < 4.78 is 0. The van der Waals surface area contributed by atoms with Crippen molar-refractivity contribution in [1.82, 2.24) is 15.3 Å². The smallest absolute Gasteiger partial charge is 0.236 e. The van der Waals surface area contributed by atoms with Gasteiger partial charge >= 0.3 is 0 Å². The van der Waals surface area contributed by atoms with Crippen LogP contribution in [0.4, 0.5) is 5.95 Å². The molecule has 88 valence electrons. The maximum atomic E-state index is 11.2. The van der Waals surface area contributed by atoms with Crippen molar-refractivity contribution in [3.05, 3.63) is 18.0 Å². The number of carbonyl (C=O) groups is 1. The minimum Gasteiger partial charge on any atom is -0.349 e.